The third kappa shape index (κ3) is 5.05. The van der Waals surface area contributed by atoms with Gasteiger partial charge in [0.25, 0.3) is 5.91 Å². The molecule has 0 aliphatic rings. The molecule has 3 rings (SSSR count). The van der Waals surface area contributed by atoms with Crippen LogP contribution in [0.5, 0.6) is 5.75 Å². The van der Waals surface area contributed by atoms with Crippen LogP contribution in [0.2, 0.25) is 0 Å². The van der Waals surface area contributed by atoms with Crippen molar-refractivity contribution in [3.63, 3.8) is 0 Å². The molecule has 0 bridgehead atoms. The lowest BCUT2D eigenvalue weighted by atomic mass is 10.2. The zero-order valence-corrected chi connectivity index (χ0v) is 14.6. The van der Waals surface area contributed by atoms with Gasteiger partial charge in [-0.05, 0) is 42.3 Å². The molecule has 0 saturated heterocycles. The van der Waals surface area contributed by atoms with Gasteiger partial charge in [0.05, 0.1) is 6.21 Å². The van der Waals surface area contributed by atoms with Gasteiger partial charge in [0, 0.05) is 5.56 Å². The molecular formula is C22H20N2O2. The minimum absolute atomic E-state index is 0.261. The van der Waals surface area contributed by atoms with Crippen molar-refractivity contribution in [1.82, 2.24) is 5.43 Å². The summed E-state index contributed by atoms with van der Waals surface area (Å²) in [5.41, 5.74) is 6.26. The molecule has 26 heavy (non-hydrogen) atoms. The van der Waals surface area contributed by atoms with Gasteiger partial charge >= 0.3 is 0 Å². The van der Waals surface area contributed by atoms with Crippen molar-refractivity contribution in [3.05, 3.63) is 101 Å². The largest absolute Gasteiger partial charge is 0.489 e. The van der Waals surface area contributed by atoms with E-state index in [0.29, 0.717) is 17.9 Å². The molecule has 4 nitrogen and oxygen atoms in total. The minimum atomic E-state index is -0.261. The summed E-state index contributed by atoms with van der Waals surface area (Å²) in [7, 11) is 0. The molecular weight excluding hydrogens is 324 g/mol. The topological polar surface area (TPSA) is 50.7 Å². The Morgan fingerprint density at radius 2 is 1.65 bits per heavy atom. The van der Waals surface area contributed by atoms with Crippen LogP contribution < -0.4 is 10.2 Å². The summed E-state index contributed by atoms with van der Waals surface area (Å²) in [6, 6.07) is 24.8. The number of hydrogen-bond donors (Lipinski definition) is 1. The zero-order valence-electron chi connectivity index (χ0n) is 14.6. The molecule has 0 atom stereocenters. The Balaban J connectivity index is 1.52. The molecule has 0 radical (unpaired) electrons. The lowest BCUT2D eigenvalue weighted by Crippen LogP contribution is -2.17. The summed E-state index contributed by atoms with van der Waals surface area (Å²) >= 11 is 0. The number of aryl methyl sites for hydroxylation is 1. The van der Waals surface area contributed by atoms with E-state index in [-0.39, 0.29) is 5.91 Å². The quantitative estimate of drug-likeness (QED) is 0.534. The average Bonchev–Trinajstić information content (AvgIpc) is 2.69. The SMILES string of the molecule is Cc1ccc(/C=N/NC(=O)c2ccc(OCc3ccccc3)cc2)cc1. The van der Waals surface area contributed by atoms with E-state index in [4.69, 9.17) is 4.74 Å². The van der Waals surface area contributed by atoms with Gasteiger partial charge in [-0.2, -0.15) is 5.10 Å². The highest BCUT2D eigenvalue weighted by Gasteiger charge is 2.04. The van der Waals surface area contributed by atoms with Gasteiger partial charge in [-0.15, -0.1) is 0 Å². The van der Waals surface area contributed by atoms with Crippen LogP contribution >= 0.6 is 0 Å². The Bertz CT molecular complexity index is 870. The van der Waals surface area contributed by atoms with Crippen LogP contribution in [-0.4, -0.2) is 12.1 Å². The van der Waals surface area contributed by atoms with E-state index in [9.17, 15) is 4.79 Å². The van der Waals surface area contributed by atoms with Crippen LogP contribution in [0.3, 0.4) is 0 Å². The zero-order chi connectivity index (χ0) is 18.2. The van der Waals surface area contributed by atoms with E-state index in [0.717, 1.165) is 11.1 Å². The van der Waals surface area contributed by atoms with Crippen molar-refractivity contribution in [2.75, 3.05) is 0 Å². The first-order valence-electron chi connectivity index (χ1n) is 8.37. The second-order valence-corrected chi connectivity index (χ2v) is 5.91. The van der Waals surface area contributed by atoms with Crippen molar-refractivity contribution in [1.29, 1.82) is 0 Å². The first-order valence-corrected chi connectivity index (χ1v) is 8.37. The number of benzene rings is 3. The smallest absolute Gasteiger partial charge is 0.271 e. The van der Waals surface area contributed by atoms with Gasteiger partial charge < -0.3 is 4.74 Å². The maximum absolute atomic E-state index is 12.1. The van der Waals surface area contributed by atoms with Gasteiger partial charge in [-0.25, -0.2) is 5.43 Å². The first-order chi connectivity index (χ1) is 12.7. The number of rotatable bonds is 6. The van der Waals surface area contributed by atoms with E-state index in [2.05, 4.69) is 10.5 Å². The fourth-order valence-corrected chi connectivity index (χ4v) is 2.33. The van der Waals surface area contributed by atoms with E-state index < -0.39 is 0 Å². The number of hydrazone groups is 1. The van der Waals surface area contributed by atoms with Crippen molar-refractivity contribution >= 4 is 12.1 Å². The highest BCUT2D eigenvalue weighted by atomic mass is 16.5. The minimum Gasteiger partial charge on any atom is -0.489 e. The Labute approximate surface area is 153 Å². The first kappa shape index (κ1) is 17.4. The number of nitrogens with one attached hydrogen (secondary N) is 1. The van der Waals surface area contributed by atoms with Crippen molar-refractivity contribution < 1.29 is 9.53 Å². The Hall–Kier alpha value is -3.40. The maximum Gasteiger partial charge on any atom is 0.271 e. The number of carbonyl (C=O) groups is 1. The standard InChI is InChI=1S/C22H20N2O2/c1-17-7-9-18(10-8-17)15-23-24-22(25)20-11-13-21(14-12-20)26-16-19-5-3-2-4-6-19/h2-15H,16H2,1H3,(H,24,25)/b23-15+. The summed E-state index contributed by atoms with van der Waals surface area (Å²) in [4.78, 5) is 12.1. The highest BCUT2D eigenvalue weighted by Crippen LogP contribution is 2.14. The number of amides is 1. The average molecular weight is 344 g/mol. The van der Waals surface area contributed by atoms with E-state index in [1.165, 1.54) is 5.56 Å². The summed E-state index contributed by atoms with van der Waals surface area (Å²) in [5, 5.41) is 3.99. The summed E-state index contributed by atoms with van der Waals surface area (Å²) < 4.78 is 5.71. The molecule has 0 aliphatic carbocycles. The second kappa shape index (κ2) is 8.62. The van der Waals surface area contributed by atoms with E-state index >= 15 is 0 Å². The molecule has 0 spiro atoms. The van der Waals surface area contributed by atoms with Crippen LogP contribution in [0.15, 0.2) is 84.0 Å². The number of ether oxygens (including phenoxy) is 1. The van der Waals surface area contributed by atoms with E-state index in [1.807, 2.05) is 61.5 Å². The number of hydrogen-bond acceptors (Lipinski definition) is 3. The number of nitrogens with zero attached hydrogens (tertiary/aromatic N) is 1. The third-order valence-electron chi connectivity index (χ3n) is 3.82. The van der Waals surface area contributed by atoms with Gasteiger partial charge in [0.2, 0.25) is 0 Å². The van der Waals surface area contributed by atoms with Crippen LogP contribution in [0.1, 0.15) is 27.0 Å². The van der Waals surface area contributed by atoms with Crippen LogP contribution in [0.25, 0.3) is 0 Å². The lowest BCUT2D eigenvalue weighted by Gasteiger charge is -2.07. The molecule has 3 aromatic rings. The number of carbonyl (C=O) groups excluding carboxylic acids is 1. The molecule has 3 aromatic carbocycles. The maximum atomic E-state index is 12.1. The molecule has 0 fully saturated rings. The van der Waals surface area contributed by atoms with Crippen molar-refractivity contribution in [2.45, 2.75) is 13.5 Å². The molecule has 0 saturated carbocycles. The summed E-state index contributed by atoms with van der Waals surface area (Å²) in [5.74, 6) is 0.455. The van der Waals surface area contributed by atoms with Gasteiger partial charge in [-0.3, -0.25) is 4.79 Å². The third-order valence-corrected chi connectivity index (χ3v) is 3.82. The van der Waals surface area contributed by atoms with E-state index in [1.54, 1.807) is 30.5 Å². The van der Waals surface area contributed by atoms with Crippen LogP contribution in [0.4, 0.5) is 0 Å². The molecule has 0 heterocycles. The molecule has 0 unspecified atom stereocenters. The van der Waals surface area contributed by atoms with Gasteiger partial charge in [0.15, 0.2) is 0 Å². The normalized spacial score (nSPS) is 10.7. The molecule has 130 valence electrons. The summed E-state index contributed by atoms with van der Waals surface area (Å²) in [6.45, 7) is 2.52. The fraction of sp³-hybridized carbons (Fsp3) is 0.0909. The molecule has 1 N–H and O–H groups in total. The summed E-state index contributed by atoms with van der Waals surface area (Å²) in [6.07, 6.45) is 1.62. The lowest BCUT2D eigenvalue weighted by molar-refractivity contribution is 0.0955. The van der Waals surface area contributed by atoms with Gasteiger partial charge in [-0.1, -0.05) is 60.2 Å². The Morgan fingerprint density at radius 3 is 2.35 bits per heavy atom. The molecule has 0 aromatic heterocycles. The second-order valence-electron chi connectivity index (χ2n) is 5.91. The van der Waals surface area contributed by atoms with Crippen molar-refractivity contribution in [2.24, 2.45) is 5.10 Å². The van der Waals surface area contributed by atoms with Crippen LogP contribution in [-0.2, 0) is 6.61 Å². The predicted molar refractivity (Wildman–Crippen MR) is 103 cm³/mol. The Kier molecular flexibility index (Phi) is 5.78. The van der Waals surface area contributed by atoms with Gasteiger partial charge in [0.1, 0.15) is 12.4 Å². The van der Waals surface area contributed by atoms with Crippen LogP contribution in [0, 0.1) is 6.92 Å². The van der Waals surface area contributed by atoms with Crippen molar-refractivity contribution in [3.8, 4) is 5.75 Å². The highest BCUT2D eigenvalue weighted by molar-refractivity contribution is 5.95. The monoisotopic (exact) mass is 344 g/mol. The molecule has 1 amide bonds. The fourth-order valence-electron chi connectivity index (χ4n) is 2.33. The predicted octanol–water partition coefficient (Wildman–Crippen LogP) is 4.34. The molecule has 0 aliphatic heterocycles. The molecule has 4 heteroatoms. The Morgan fingerprint density at radius 1 is 0.962 bits per heavy atom.